The molecule has 2 N–H and O–H groups in total. The number of carbonyl (C=O) groups is 2. The van der Waals surface area contributed by atoms with Crippen LogP contribution in [0.2, 0.25) is 0 Å². The number of benzene rings is 3. The van der Waals surface area contributed by atoms with Gasteiger partial charge in [-0.1, -0.05) is 12.1 Å². The lowest BCUT2D eigenvalue weighted by Gasteiger charge is -2.43. The zero-order chi connectivity index (χ0) is 40.3. The first-order valence-corrected chi connectivity index (χ1v) is 20.0. The molecule has 3 aromatic rings. The third kappa shape index (κ3) is 8.11. The first kappa shape index (κ1) is 39.2. The van der Waals surface area contributed by atoms with Crippen LogP contribution in [-0.4, -0.2) is 75.1 Å². The maximum Gasteiger partial charge on any atom is 0.414 e. The van der Waals surface area contributed by atoms with Crippen molar-refractivity contribution in [1.29, 1.82) is 0 Å². The van der Waals surface area contributed by atoms with E-state index in [4.69, 9.17) is 9.47 Å². The summed E-state index contributed by atoms with van der Waals surface area (Å²) in [5, 5.41) is 6.31. The van der Waals surface area contributed by atoms with Crippen LogP contribution in [0, 0.1) is 23.4 Å². The van der Waals surface area contributed by atoms with Gasteiger partial charge in [0.1, 0.15) is 11.4 Å². The van der Waals surface area contributed by atoms with Crippen LogP contribution in [0.15, 0.2) is 54.6 Å². The highest BCUT2D eigenvalue weighted by Crippen LogP contribution is 2.52. The molecule has 14 heteroatoms. The van der Waals surface area contributed by atoms with E-state index in [1.165, 1.54) is 23.1 Å². The fraction of sp³-hybridized carbons (Fsp3) is 0.535. The van der Waals surface area contributed by atoms with Gasteiger partial charge in [-0.3, -0.25) is 4.90 Å². The van der Waals surface area contributed by atoms with Crippen molar-refractivity contribution in [3.8, 4) is 0 Å². The summed E-state index contributed by atoms with van der Waals surface area (Å²) in [5.41, 5.74) is 3.09. The van der Waals surface area contributed by atoms with Gasteiger partial charge in [0.25, 0.3) is 5.92 Å². The van der Waals surface area contributed by atoms with Crippen LogP contribution < -0.4 is 25.3 Å². The number of hydrogen-bond donors (Lipinski definition) is 2. The van der Waals surface area contributed by atoms with Crippen molar-refractivity contribution in [2.75, 3.05) is 54.1 Å². The number of nitrogens with one attached hydrogen (secondary N) is 2. The maximum atomic E-state index is 14.9. The molecule has 3 saturated heterocycles. The minimum absolute atomic E-state index is 0.0788. The molecule has 4 aliphatic heterocycles. The molecule has 306 valence electrons. The van der Waals surface area contributed by atoms with Crippen molar-refractivity contribution in [3.05, 3.63) is 88.7 Å². The van der Waals surface area contributed by atoms with Crippen LogP contribution >= 0.6 is 0 Å². The molecule has 9 nitrogen and oxygen atoms in total. The molecule has 1 aliphatic carbocycles. The summed E-state index contributed by atoms with van der Waals surface area (Å²) in [5.74, 6) is -5.03. The largest absolute Gasteiger partial charge is 0.443 e. The Labute approximate surface area is 329 Å². The Morgan fingerprint density at radius 3 is 2.40 bits per heavy atom. The Bertz CT molecular complexity index is 2010. The van der Waals surface area contributed by atoms with Gasteiger partial charge in [0.15, 0.2) is 11.6 Å². The minimum Gasteiger partial charge on any atom is -0.443 e. The van der Waals surface area contributed by atoms with E-state index in [9.17, 15) is 31.5 Å². The number of fused-ring (bicyclic) bond motifs is 5. The van der Waals surface area contributed by atoms with Crippen LogP contribution in [-0.2, 0) is 21.3 Å². The molecule has 8 rings (SSSR count). The van der Waals surface area contributed by atoms with Crippen LogP contribution in [0.4, 0.5) is 48.6 Å². The second kappa shape index (κ2) is 15.0. The summed E-state index contributed by atoms with van der Waals surface area (Å²) in [6.07, 6.45) is 2.73. The normalized spacial score (nSPS) is 23.1. The van der Waals surface area contributed by atoms with E-state index in [0.717, 1.165) is 35.7 Å². The molecular weight excluding hydrogens is 745 g/mol. The molecular formula is C43H50F5N5O4. The molecule has 3 atom stereocenters. The van der Waals surface area contributed by atoms with Gasteiger partial charge in [-0.05, 0) is 124 Å². The van der Waals surface area contributed by atoms with Crippen molar-refractivity contribution >= 4 is 29.2 Å². The standard InChI is InChI=1S/C43H50F5N5O4/c1-41(2,3)57-40(55)52-24-30-22-43(47,48)25-53(30)38-21-29(6-9-37(38)52)51-14-12-42(13-15-51)23-36(31-7-5-28(44)20-32(31)42)50-39(54)49-35(27-10-16-56-17-11-27)19-26-4-8-33(45)34(46)18-26/h4-9,18,20-21,27,30,35-36H,10-17,19,22-25H2,1-3H3,(H2,49,50,54)/t30-,35+,36?/m0/s1. The molecule has 0 bridgehead atoms. The number of hydrogen-bond acceptors (Lipinski definition) is 6. The number of alkyl halides is 2. The first-order chi connectivity index (χ1) is 27.1. The number of urea groups is 1. The summed E-state index contributed by atoms with van der Waals surface area (Å²) >= 11 is 0. The zero-order valence-corrected chi connectivity index (χ0v) is 32.6. The number of nitrogens with zero attached hydrogens (tertiary/aromatic N) is 3. The average Bonchev–Trinajstić information content (AvgIpc) is 3.63. The lowest BCUT2D eigenvalue weighted by Crippen LogP contribution is -2.49. The van der Waals surface area contributed by atoms with Gasteiger partial charge in [0.05, 0.1) is 30.0 Å². The quantitative estimate of drug-likeness (QED) is 0.244. The monoisotopic (exact) mass is 795 g/mol. The number of carbonyl (C=O) groups excluding carboxylic acids is 2. The van der Waals surface area contributed by atoms with Gasteiger partial charge in [-0.2, -0.15) is 0 Å². The number of halogens is 5. The van der Waals surface area contributed by atoms with Crippen molar-refractivity contribution < 1.29 is 41.0 Å². The van der Waals surface area contributed by atoms with E-state index >= 15 is 0 Å². The van der Waals surface area contributed by atoms with E-state index < -0.39 is 47.3 Å². The van der Waals surface area contributed by atoms with Crippen molar-refractivity contribution in [2.45, 2.75) is 101 Å². The Hall–Kier alpha value is -4.59. The van der Waals surface area contributed by atoms with Gasteiger partial charge in [-0.25, -0.2) is 31.5 Å². The second-order valence-electron chi connectivity index (χ2n) is 17.5. The number of rotatable bonds is 6. The van der Waals surface area contributed by atoms with E-state index in [2.05, 4.69) is 15.5 Å². The molecule has 0 radical (unpaired) electrons. The van der Waals surface area contributed by atoms with Crippen molar-refractivity contribution in [1.82, 2.24) is 10.6 Å². The second-order valence-corrected chi connectivity index (χ2v) is 17.5. The predicted octanol–water partition coefficient (Wildman–Crippen LogP) is 8.39. The lowest BCUT2D eigenvalue weighted by molar-refractivity contribution is 0.0223. The molecule has 1 unspecified atom stereocenters. The van der Waals surface area contributed by atoms with Crippen LogP contribution in [0.3, 0.4) is 0 Å². The summed E-state index contributed by atoms with van der Waals surface area (Å²) < 4.78 is 83.6. The highest BCUT2D eigenvalue weighted by Gasteiger charge is 2.50. The van der Waals surface area contributed by atoms with E-state index in [1.807, 2.05) is 18.2 Å². The van der Waals surface area contributed by atoms with Crippen LogP contribution in [0.25, 0.3) is 0 Å². The summed E-state index contributed by atoms with van der Waals surface area (Å²) in [6, 6.07) is 12.5. The summed E-state index contributed by atoms with van der Waals surface area (Å²) in [6.45, 7) is 7.30. The van der Waals surface area contributed by atoms with Crippen LogP contribution in [0.5, 0.6) is 0 Å². The minimum atomic E-state index is -2.89. The van der Waals surface area contributed by atoms with E-state index in [0.29, 0.717) is 68.9 Å². The number of ether oxygens (including phenoxy) is 2. The lowest BCUT2D eigenvalue weighted by atomic mass is 9.73. The summed E-state index contributed by atoms with van der Waals surface area (Å²) in [7, 11) is 0. The molecule has 4 heterocycles. The Morgan fingerprint density at radius 2 is 1.68 bits per heavy atom. The predicted molar refractivity (Wildman–Crippen MR) is 207 cm³/mol. The molecule has 0 saturated carbocycles. The number of amides is 3. The smallest absolute Gasteiger partial charge is 0.414 e. The molecule has 57 heavy (non-hydrogen) atoms. The molecule has 3 fully saturated rings. The zero-order valence-electron chi connectivity index (χ0n) is 32.6. The topological polar surface area (TPSA) is 86.4 Å². The number of anilines is 3. The van der Waals surface area contributed by atoms with E-state index in [-0.39, 0.29) is 42.8 Å². The molecule has 3 amide bonds. The van der Waals surface area contributed by atoms with Crippen LogP contribution in [0.1, 0.15) is 82.0 Å². The van der Waals surface area contributed by atoms with Gasteiger partial charge >= 0.3 is 12.1 Å². The summed E-state index contributed by atoms with van der Waals surface area (Å²) in [4.78, 5) is 32.4. The SMILES string of the molecule is CC(C)(C)OC(=O)N1C[C@@H]2CC(F)(F)CN2c2cc(N3CCC4(CC3)CC(NC(=O)N[C@H](Cc3ccc(F)c(F)c3)C3CCOCC3)c3ccc(F)cc34)ccc21. The maximum absolute atomic E-state index is 14.9. The van der Waals surface area contributed by atoms with Gasteiger partial charge in [0, 0.05) is 56.4 Å². The average molecular weight is 796 g/mol. The molecule has 1 spiro atoms. The van der Waals surface area contributed by atoms with Crippen molar-refractivity contribution in [3.63, 3.8) is 0 Å². The first-order valence-electron chi connectivity index (χ1n) is 20.0. The third-order valence-corrected chi connectivity index (χ3v) is 12.5. The van der Waals surface area contributed by atoms with Crippen molar-refractivity contribution in [2.24, 2.45) is 5.92 Å². The Morgan fingerprint density at radius 1 is 0.930 bits per heavy atom. The van der Waals surface area contributed by atoms with Gasteiger partial charge in [0.2, 0.25) is 0 Å². The fourth-order valence-electron chi connectivity index (χ4n) is 9.75. The Kier molecular flexibility index (Phi) is 10.3. The van der Waals surface area contributed by atoms with E-state index in [1.54, 1.807) is 37.8 Å². The van der Waals surface area contributed by atoms with Gasteiger partial charge < -0.3 is 29.9 Å². The molecule has 0 aromatic heterocycles. The third-order valence-electron chi connectivity index (χ3n) is 12.5. The molecule has 3 aromatic carbocycles. The highest BCUT2D eigenvalue weighted by atomic mass is 19.3. The Balaban J connectivity index is 0.986. The number of piperidine rings is 1. The molecule has 5 aliphatic rings. The van der Waals surface area contributed by atoms with Gasteiger partial charge in [-0.15, -0.1) is 0 Å². The fourth-order valence-corrected chi connectivity index (χ4v) is 9.75. The highest BCUT2D eigenvalue weighted by molar-refractivity contribution is 5.95.